The van der Waals surface area contributed by atoms with Gasteiger partial charge < -0.3 is 10.3 Å². The van der Waals surface area contributed by atoms with Crippen molar-refractivity contribution in [3.05, 3.63) is 74.1 Å². The first-order chi connectivity index (χ1) is 12.3. The van der Waals surface area contributed by atoms with Crippen molar-refractivity contribution in [2.24, 2.45) is 0 Å². The summed E-state index contributed by atoms with van der Waals surface area (Å²) in [4.78, 5) is 40.1. The second-order valence-corrected chi connectivity index (χ2v) is 5.59. The molecule has 0 fully saturated rings. The molecule has 10 nitrogen and oxygen atoms in total. The minimum absolute atomic E-state index is 0.172. The monoisotopic (exact) mass is 355 g/mol. The predicted molar refractivity (Wildman–Crippen MR) is 91.7 cm³/mol. The van der Waals surface area contributed by atoms with Gasteiger partial charge in [0.15, 0.2) is 0 Å². The van der Waals surface area contributed by atoms with Crippen molar-refractivity contribution in [2.75, 3.05) is 0 Å². The van der Waals surface area contributed by atoms with Crippen molar-refractivity contribution in [3.63, 3.8) is 0 Å². The van der Waals surface area contributed by atoms with Gasteiger partial charge in [-0.15, -0.1) is 0 Å². The molecule has 3 rings (SSSR count). The predicted octanol–water partition coefficient (Wildman–Crippen LogP) is 2.87. The van der Waals surface area contributed by atoms with E-state index in [0.717, 1.165) is 29.2 Å². The van der Waals surface area contributed by atoms with E-state index in [9.17, 15) is 25.0 Å². The van der Waals surface area contributed by atoms with Gasteiger partial charge in [0.05, 0.1) is 38.6 Å². The number of carbonyl (C=O) groups is 1. The molecule has 2 N–H and O–H groups in total. The number of fused-ring (bicyclic) bond motifs is 1. The van der Waals surface area contributed by atoms with E-state index in [0.29, 0.717) is 5.82 Å². The number of H-pyrrole nitrogens is 1. The Labute approximate surface area is 146 Å². The highest BCUT2D eigenvalue weighted by Gasteiger charge is 2.21. The summed E-state index contributed by atoms with van der Waals surface area (Å²) in [6.45, 7) is 1.68. The lowest BCUT2D eigenvalue weighted by Crippen LogP contribution is -2.27. The van der Waals surface area contributed by atoms with Crippen molar-refractivity contribution in [1.29, 1.82) is 0 Å². The highest BCUT2D eigenvalue weighted by atomic mass is 16.6. The van der Waals surface area contributed by atoms with Gasteiger partial charge in [0.1, 0.15) is 5.82 Å². The van der Waals surface area contributed by atoms with E-state index in [4.69, 9.17) is 0 Å². The topological polar surface area (TPSA) is 144 Å². The van der Waals surface area contributed by atoms with Crippen LogP contribution in [0.1, 0.15) is 29.1 Å². The van der Waals surface area contributed by atoms with Gasteiger partial charge in [-0.1, -0.05) is 12.1 Å². The molecule has 1 aromatic heterocycles. The number of nitrogens with one attached hydrogen (secondary N) is 2. The van der Waals surface area contributed by atoms with Gasteiger partial charge in [0.25, 0.3) is 17.3 Å². The highest BCUT2D eigenvalue weighted by Crippen LogP contribution is 2.23. The zero-order chi connectivity index (χ0) is 18.8. The first-order valence-electron chi connectivity index (χ1n) is 7.54. The third kappa shape index (κ3) is 3.34. The Balaban J connectivity index is 1.86. The Kier molecular flexibility index (Phi) is 4.31. The Bertz CT molecular complexity index is 964. The molecule has 0 saturated carbocycles. The van der Waals surface area contributed by atoms with Gasteiger partial charge in [-0.2, -0.15) is 0 Å². The van der Waals surface area contributed by atoms with Crippen molar-refractivity contribution in [3.8, 4) is 0 Å². The second kappa shape index (κ2) is 6.59. The Morgan fingerprint density at radius 2 is 1.73 bits per heavy atom. The standard InChI is InChI=1S/C16H13N5O5/c1-9(15-18-13-4-2-3-5-14(13)19-15)17-16(22)10-6-11(20(23)24)8-12(7-10)21(25)26/h2-9H,1H3,(H,17,22)(H,18,19)/t9-/m1/s1. The quantitative estimate of drug-likeness (QED) is 0.532. The van der Waals surface area contributed by atoms with Crippen molar-refractivity contribution in [1.82, 2.24) is 15.3 Å². The minimum Gasteiger partial charge on any atom is -0.342 e. The number of aromatic nitrogens is 2. The van der Waals surface area contributed by atoms with Crippen molar-refractivity contribution < 1.29 is 14.6 Å². The molecule has 3 aromatic rings. The number of benzene rings is 2. The van der Waals surface area contributed by atoms with Crippen LogP contribution in [0.4, 0.5) is 11.4 Å². The molecule has 0 saturated heterocycles. The number of amides is 1. The van der Waals surface area contributed by atoms with Crippen LogP contribution in [0.5, 0.6) is 0 Å². The van der Waals surface area contributed by atoms with Crippen LogP contribution in [-0.4, -0.2) is 25.7 Å². The minimum atomic E-state index is -0.785. The van der Waals surface area contributed by atoms with Crippen LogP contribution in [0, 0.1) is 20.2 Å². The molecule has 0 spiro atoms. The molecule has 1 heterocycles. The number of nitrogens with zero attached hydrogens (tertiary/aromatic N) is 3. The fourth-order valence-electron chi connectivity index (χ4n) is 2.46. The van der Waals surface area contributed by atoms with Crippen LogP contribution in [0.2, 0.25) is 0 Å². The average molecular weight is 355 g/mol. The number of hydrogen-bond donors (Lipinski definition) is 2. The normalized spacial score (nSPS) is 11.9. The molecule has 0 unspecified atom stereocenters. The van der Waals surface area contributed by atoms with E-state index in [2.05, 4.69) is 15.3 Å². The van der Waals surface area contributed by atoms with E-state index in [1.807, 2.05) is 24.3 Å². The van der Waals surface area contributed by atoms with Crippen LogP contribution in [0.3, 0.4) is 0 Å². The molecule has 1 amide bonds. The van der Waals surface area contributed by atoms with Gasteiger partial charge in [-0.25, -0.2) is 4.98 Å². The van der Waals surface area contributed by atoms with Gasteiger partial charge in [-0.3, -0.25) is 25.0 Å². The maximum Gasteiger partial charge on any atom is 0.277 e. The Morgan fingerprint density at radius 1 is 1.12 bits per heavy atom. The summed E-state index contributed by atoms with van der Waals surface area (Å²) in [5.74, 6) is -0.177. The van der Waals surface area contributed by atoms with Crippen LogP contribution in [0.25, 0.3) is 11.0 Å². The summed E-state index contributed by atoms with van der Waals surface area (Å²) in [6.07, 6.45) is 0. The lowest BCUT2D eigenvalue weighted by molar-refractivity contribution is -0.394. The number of aromatic amines is 1. The highest BCUT2D eigenvalue weighted by molar-refractivity contribution is 5.95. The molecule has 0 aliphatic carbocycles. The number of hydrogen-bond acceptors (Lipinski definition) is 6. The van der Waals surface area contributed by atoms with E-state index in [-0.39, 0.29) is 5.56 Å². The maximum absolute atomic E-state index is 12.4. The molecule has 0 aliphatic rings. The summed E-state index contributed by atoms with van der Waals surface area (Å²) in [6, 6.07) is 9.58. The number of carbonyl (C=O) groups excluding carboxylic acids is 1. The molecule has 132 valence electrons. The fourth-order valence-corrected chi connectivity index (χ4v) is 2.46. The summed E-state index contributed by atoms with van der Waals surface area (Å²) < 4.78 is 0. The first-order valence-corrected chi connectivity index (χ1v) is 7.54. The summed E-state index contributed by atoms with van der Waals surface area (Å²) in [7, 11) is 0. The molecular formula is C16H13N5O5. The van der Waals surface area contributed by atoms with E-state index in [1.165, 1.54) is 0 Å². The van der Waals surface area contributed by atoms with Crippen LogP contribution >= 0.6 is 0 Å². The molecule has 0 radical (unpaired) electrons. The lowest BCUT2D eigenvalue weighted by atomic mass is 10.1. The Morgan fingerprint density at radius 3 is 2.31 bits per heavy atom. The van der Waals surface area contributed by atoms with Gasteiger partial charge in [-0.05, 0) is 19.1 Å². The Hall–Kier alpha value is -3.82. The fraction of sp³-hybridized carbons (Fsp3) is 0.125. The molecular weight excluding hydrogens is 342 g/mol. The van der Waals surface area contributed by atoms with Crippen LogP contribution in [0.15, 0.2) is 42.5 Å². The molecule has 2 aromatic carbocycles. The first kappa shape index (κ1) is 17.0. The number of imidazole rings is 1. The molecule has 10 heteroatoms. The molecule has 1 atom stereocenters. The van der Waals surface area contributed by atoms with Crippen LogP contribution in [-0.2, 0) is 0 Å². The van der Waals surface area contributed by atoms with E-state index < -0.39 is 33.2 Å². The zero-order valence-electron chi connectivity index (χ0n) is 13.5. The third-order valence-electron chi connectivity index (χ3n) is 3.75. The third-order valence-corrected chi connectivity index (χ3v) is 3.75. The molecule has 0 bridgehead atoms. The number of para-hydroxylation sites is 2. The van der Waals surface area contributed by atoms with E-state index in [1.54, 1.807) is 6.92 Å². The number of nitro groups is 2. The average Bonchev–Trinajstić information content (AvgIpc) is 3.05. The van der Waals surface area contributed by atoms with E-state index >= 15 is 0 Å². The number of non-ortho nitro benzene ring substituents is 2. The summed E-state index contributed by atoms with van der Waals surface area (Å²) >= 11 is 0. The molecule has 26 heavy (non-hydrogen) atoms. The van der Waals surface area contributed by atoms with Crippen molar-refractivity contribution in [2.45, 2.75) is 13.0 Å². The summed E-state index contributed by atoms with van der Waals surface area (Å²) in [5, 5.41) is 24.5. The number of rotatable bonds is 5. The SMILES string of the molecule is C[C@@H](NC(=O)c1cc([N+](=O)[O-])cc([N+](=O)[O-])c1)c1nc2ccccc2[nH]1. The zero-order valence-corrected chi connectivity index (χ0v) is 13.5. The van der Waals surface area contributed by atoms with Crippen LogP contribution < -0.4 is 5.32 Å². The maximum atomic E-state index is 12.4. The van der Waals surface area contributed by atoms with Gasteiger partial charge in [0, 0.05) is 12.1 Å². The summed E-state index contributed by atoms with van der Waals surface area (Å²) in [5.41, 5.74) is 0.305. The second-order valence-electron chi connectivity index (χ2n) is 5.59. The van der Waals surface area contributed by atoms with Gasteiger partial charge in [0.2, 0.25) is 0 Å². The number of nitro benzene ring substituents is 2. The lowest BCUT2D eigenvalue weighted by Gasteiger charge is -2.11. The smallest absolute Gasteiger partial charge is 0.277 e. The van der Waals surface area contributed by atoms with Crippen molar-refractivity contribution >= 4 is 28.3 Å². The van der Waals surface area contributed by atoms with Gasteiger partial charge >= 0.3 is 0 Å². The largest absolute Gasteiger partial charge is 0.342 e. The molecule has 0 aliphatic heterocycles.